The summed E-state index contributed by atoms with van der Waals surface area (Å²) in [7, 11) is 0. The lowest BCUT2D eigenvalue weighted by Gasteiger charge is -2.34. The van der Waals surface area contributed by atoms with Gasteiger partial charge in [0.05, 0.1) is 15.9 Å². The molecule has 4 rings (SSSR count). The summed E-state index contributed by atoms with van der Waals surface area (Å²) in [5.74, 6) is 1.10. The predicted octanol–water partition coefficient (Wildman–Crippen LogP) is 5.32. The van der Waals surface area contributed by atoms with E-state index in [-0.39, 0.29) is 41.9 Å². The summed E-state index contributed by atoms with van der Waals surface area (Å²) in [4.78, 5) is 25.8. The van der Waals surface area contributed by atoms with Crippen LogP contribution < -0.4 is 0 Å². The standard InChI is InChI=1S/C23H26N6O5S2.2ClH/c30-28(31)20-13-19(14-21(15-20)29(32)33)17-36-23-25-24-22(34-23)35-12-4-7-26-8-10-27(11-9-26)16-18-5-2-1-3-6-18;;/h1-3,5-6,13-15H,4,7-12,16-17H2;2*1H. The molecule has 1 saturated heterocycles. The van der Waals surface area contributed by atoms with Crippen molar-refractivity contribution in [1.29, 1.82) is 0 Å². The molecule has 0 saturated carbocycles. The van der Waals surface area contributed by atoms with Crippen LogP contribution in [0.3, 0.4) is 0 Å². The molecular formula is C23H28Cl2N6O5S2. The molecule has 0 amide bonds. The average Bonchev–Trinajstić information content (AvgIpc) is 3.34. The largest absolute Gasteiger partial charge is 0.406 e. The molecular weight excluding hydrogens is 575 g/mol. The third kappa shape index (κ3) is 9.71. The van der Waals surface area contributed by atoms with Crippen LogP contribution in [0.1, 0.15) is 17.5 Å². The molecule has 206 valence electrons. The van der Waals surface area contributed by atoms with E-state index in [0.29, 0.717) is 16.0 Å². The minimum absolute atomic E-state index is 0. The number of benzene rings is 2. The van der Waals surface area contributed by atoms with E-state index < -0.39 is 9.85 Å². The van der Waals surface area contributed by atoms with Crippen LogP contribution in [0.25, 0.3) is 0 Å². The fourth-order valence-corrected chi connectivity index (χ4v) is 5.30. The molecule has 15 heteroatoms. The zero-order valence-corrected chi connectivity index (χ0v) is 23.6. The van der Waals surface area contributed by atoms with Gasteiger partial charge in [0.15, 0.2) is 0 Å². The molecule has 3 aromatic rings. The number of piperazine rings is 1. The highest BCUT2D eigenvalue weighted by Crippen LogP contribution is 2.29. The van der Waals surface area contributed by atoms with Gasteiger partial charge in [0.25, 0.3) is 21.8 Å². The molecule has 38 heavy (non-hydrogen) atoms. The summed E-state index contributed by atoms with van der Waals surface area (Å²) in [5, 5.41) is 30.9. The highest BCUT2D eigenvalue weighted by Gasteiger charge is 2.18. The molecule has 1 aromatic heterocycles. The van der Waals surface area contributed by atoms with Crippen molar-refractivity contribution in [3.63, 3.8) is 0 Å². The summed E-state index contributed by atoms with van der Waals surface area (Å²) < 4.78 is 5.64. The number of halogens is 2. The van der Waals surface area contributed by atoms with Gasteiger partial charge in [-0.2, -0.15) is 0 Å². The summed E-state index contributed by atoms with van der Waals surface area (Å²) in [6.45, 7) is 6.29. The zero-order valence-electron chi connectivity index (χ0n) is 20.3. The molecule has 1 fully saturated rings. The van der Waals surface area contributed by atoms with Crippen LogP contribution in [0.2, 0.25) is 0 Å². The molecule has 0 radical (unpaired) electrons. The highest BCUT2D eigenvalue weighted by atomic mass is 35.5. The molecule has 0 N–H and O–H groups in total. The van der Waals surface area contributed by atoms with Gasteiger partial charge in [0.2, 0.25) is 0 Å². The van der Waals surface area contributed by atoms with Crippen molar-refractivity contribution in [3.05, 3.63) is 79.9 Å². The second kappa shape index (κ2) is 15.9. The lowest BCUT2D eigenvalue weighted by Crippen LogP contribution is -2.46. The lowest BCUT2D eigenvalue weighted by atomic mass is 10.2. The van der Waals surface area contributed by atoms with Crippen LogP contribution >= 0.6 is 48.3 Å². The Kier molecular flexibility index (Phi) is 13.3. The first-order valence-corrected chi connectivity index (χ1v) is 13.4. The maximum atomic E-state index is 11.0. The first-order valence-electron chi connectivity index (χ1n) is 11.5. The van der Waals surface area contributed by atoms with Crippen molar-refractivity contribution in [1.82, 2.24) is 20.0 Å². The van der Waals surface area contributed by atoms with E-state index in [1.807, 2.05) is 6.07 Å². The Labute approximate surface area is 240 Å². The molecule has 0 unspecified atom stereocenters. The van der Waals surface area contributed by atoms with E-state index in [9.17, 15) is 20.2 Å². The van der Waals surface area contributed by atoms with Crippen molar-refractivity contribution in [2.24, 2.45) is 0 Å². The maximum absolute atomic E-state index is 11.0. The Morgan fingerprint density at radius 1 is 0.816 bits per heavy atom. The molecule has 2 aromatic carbocycles. The maximum Gasteiger partial charge on any atom is 0.277 e. The van der Waals surface area contributed by atoms with Crippen LogP contribution in [-0.4, -0.2) is 68.3 Å². The van der Waals surface area contributed by atoms with Gasteiger partial charge >= 0.3 is 0 Å². The molecule has 2 heterocycles. The Hall–Kier alpha value is -2.42. The molecule has 0 atom stereocenters. The SMILES string of the molecule is Cl.Cl.O=[N+]([O-])c1cc(CSc2nnc(SCCCN3CCN(Cc4ccccc4)CC3)o2)cc([N+](=O)[O-])c1. The summed E-state index contributed by atoms with van der Waals surface area (Å²) in [5.41, 5.74) is 1.15. The number of hydrogen-bond acceptors (Lipinski definition) is 11. The normalized spacial score (nSPS) is 13.9. The van der Waals surface area contributed by atoms with Gasteiger partial charge in [-0.15, -0.1) is 35.0 Å². The van der Waals surface area contributed by atoms with E-state index in [2.05, 4.69) is 44.3 Å². The van der Waals surface area contributed by atoms with E-state index in [4.69, 9.17) is 4.42 Å². The summed E-state index contributed by atoms with van der Waals surface area (Å²) in [6, 6.07) is 14.1. The fraction of sp³-hybridized carbons (Fsp3) is 0.391. The van der Waals surface area contributed by atoms with E-state index in [0.717, 1.165) is 57.5 Å². The number of nitrogens with zero attached hydrogens (tertiary/aromatic N) is 6. The number of non-ortho nitro benzene ring substituents is 2. The predicted molar refractivity (Wildman–Crippen MR) is 152 cm³/mol. The van der Waals surface area contributed by atoms with E-state index >= 15 is 0 Å². The van der Waals surface area contributed by atoms with Crippen molar-refractivity contribution in [2.45, 2.75) is 29.2 Å². The van der Waals surface area contributed by atoms with Gasteiger partial charge < -0.3 is 9.32 Å². The smallest absolute Gasteiger partial charge is 0.277 e. The van der Waals surface area contributed by atoms with Crippen LogP contribution in [0.5, 0.6) is 0 Å². The van der Waals surface area contributed by atoms with Crippen LogP contribution in [0.4, 0.5) is 11.4 Å². The topological polar surface area (TPSA) is 132 Å². The van der Waals surface area contributed by atoms with Crippen LogP contribution in [-0.2, 0) is 12.3 Å². The third-order valence-corrected chi connectivity index (χ3v) is 7.49. The van der Waals surface area contributed by atoms with Gasteiger partial charge in [0, 0.05) is 56.4 Å². The number of aromatic nitrogens is 2. The number of hydrogen-bond donors (Lipinski definition) is 0. The quantitative estimate of drug-likeness (QED) is 0.115. The minimum Gasteiger partial charge on any atom is -0.406 e. The number of nitro benzene ring substituents is 2. The fourth-order valence-electron chi connectivity index (χ4n) is 3.87. The Morgan fingerprint density at radius 3 is 2.00 bits per heavy atom. The Morgan fingerprint density at radius 2 is 1.39 bits per heavy atom. The van der Waals surface area contributed by atoms with Crippen molar-refractivity contribution < 1.29 is 14.3 Å². The molecule has 1 aliphatic rings. The summed E-state index contributed by atoms with van der Waals surface area (Å²) >= 11 is 2.68. The van der Waals surface area contributed by atoms with Gasteiger partial charge in [-0.1, -0.05) is 53.9 Å². The first-order chi connectivity index (χ1) is 17.5. The second-order valence-electron chi connectivity index (χ2n) is 8.30. The average molecular weight is 604 g/mol. The second-order valence-corrected chi connectivity index (χ2v) is 10.3. The molecule has 0 spiro atoms. The lowest BCUT2D eigenvalue weighted by molar-refractivity contribution is -0.394. The van der Waals surface area contributed by atoms with Gasteiger partial charge in [0.1, 0.15) is 0 Å². The third-order valence-electron chi connectivity index (χ3n) is 5.69. The zero-order chi connectivity index (χ0) is 25.3. The molecule has 1 aliphatic heterocycles. The molecule has 0 aliphatic carbocycles. The number of thioether (sulfide) groups is 2. The van der Waals surface area contributed by atoms with Gasteiger partial charge in [-0.05, 0) is 24.1 Å². The van der Waals surface area contributed by atoms with Crippen molar-refractivity contribution in [3.8, 4) is 0 Å². The van der Waals surface area contributed by atoms with Gasteiger partial charge in [-0.3, -0.25) is 25.1 Å². The van der Waals surface area contributed by atoms with Crippen LogP contribution in [0.15, 0.2) is 63.4 Å². The van der Waals surface area contributed by atoms with E-state index in [1.165, 1.54) is 41.2 Å². The van der Waals surface area contributed by atoms with E-state index in [1.54, 1.807) is 0 Å². The Bertz CT molecular complexity index is 1150. The highest BCUT2D eigenvalue weighted by molar-refractivity contribution is 7.99. The van der Waals surface area contributed by atoms with Crippen LogP contribution in [0, 0.1) is 20.2 Å². The minimum atomic E-state index is -0.646. The Balaban J connectivity index is 0.00000253. The molecule has 0 bridgehead atoms. The van der Waals surface area contributed by atoms with Gasteiger partial charge in [-0.25, -0.2) is 0 Å². The number of nitro groups is 2. The van der Waals surface area contributed by atoms with Crippen molar-refractivity contribution in [2.75, 3.05) is 38.5 Å². The number of rotatable bonds is 12. The molecule has 11 nitrogen and oxygen atoms in total. The van der Waals surface area contributed by atoms with Crippen molar-refractivity contribution >= 4 is 59.7 Å². The monoisotopic (exact) mass is 602 g/mol. The summed E-state index contributed by atoms with van der Waals surface area (Å²) in [6.07, 6.45) is 1.01. The first kappa shape index (κ1) is 31.8.